The smallest absolute Gasteiger partial charge is 0.418 e. The summed E-state index contributed by atoms with van der Waals surface area (Å²) in [5.74, 6) is -3.17. The van der Waals surface area contributed by atoms with E-state index in [9.17, 15) is 27.6 Å². The first-order valence-corrected chi connectivity index (χ1v) is 12.3. The number of halogens is 5. The maximum Gasteiger partial charge on any atom is 0.418 e. The Morgan fingerprint density at radius 3 is 2.36 bits per heavy atom. The van der Waals surface area contributed by atoms with Crippen LogP contribution in [0.3, 0.4) is 0 Å². The molecule has 0 aliphatic heterocycles. The van der Waals surface area contributed by atoms with Crippen molar-refractivity contribution in [2.75, 3.05) is 11.9 Å². The summed E-state index contributed by atoms with van der Waals surface area (Å²) in [6, 6.07) is 2.08. The molecule has 1 amide bonds. The van der Waals surface area contributed by atoms with Gasteiger partial charge in [0.1, 0.15) is 11.9 Å². The number of Topliss-reactive ketones (excluding diaryl/α,β-unsaturated/α-hetero) is 1. The third-order valence-electron chi connectivity index (χ3n) is 7.07. The Labute approximate surface area is 228 Å². The molecule has 1 aromatic carbocycles. The molecule has 0 bridgehead atoms. The highest BCUT2D eigenvalue weighted by atomic mass is 35.5. The zero-order chi connectivity index (χ0) is 28.0. The van der Waals surface area contributed by atoms with Gasteiger partial charge in [-0.05, 0) is 49.7 Å². The average Bonchev–Trinajstić information content (AvgIpc) is 3.19. The highest BCUT2D eigenvalue weighted by Gasteiger charge is 2.43. The summed E-state index contributed by atoms with van der Waals surface area (Å²) >= 11 is 0. The van der Waals surface area contributed by atoms with Gasteiger partial charge in [-0.2, -0.15) is 13.2 Å². The fraction of sp³-hybridized carbons (Fsp3) is 0.500. The molecule has 39 heavy (non-hydrogen) atoms. The van der Waals surface area contributed by atoms with Gasteiger partial charge in [0.05, 0.1) is 34.6 Å². The van der Waals surface area contributed by atoms with E-state index in [2.05, 4.69) is 5.32 Å². The van der Waals surface area contributed by atoms with Gasteiger partial charge in [0.15, 0.2) is 5.78 Å². The summed E-state index contributed by atoms with van der Waals surface area (Å²) in [4.78, 5) is 36.3. The number of nitrogens with one attached hydrogen (secondary N) is 1. The maximum absolute atomic E-state index is 15.2. The number of hydrogen-bond donors (Lipinski definition) is 3. The number of aromatic nitrogens is 1. The van der Waals surface area contributed by atoms with Crippen molar-refractivity contribution in [3.05, 3.63) is 46.5 Å². The number of carbonyl (C=O) groups is 3. The standard InChI is InChI=1S/C26H30F4N4O4.ClH/c1-25(2)9-19-22(20(35)10-25)16(26(28,29)30)12-34(19)14-7-17(27)23(24(32)37)18(8-14)33-13-3-5-15(6-4-13)38-21(36)11-31;/h7-8,12-13,15,33H,3-6,9-11,31H2,1-2H3,(H2,32,37);1H. The third kappa shape index (κ3) is 6.38. The number of nitrogens with two attached hydrogens (primary N) is 2. The highest BCUT2D eigenvalue weighted by molar-refractivity contribution is 6.01. The van der Waals surface area contributed by atoms with E-state index in [1.165, 1.54) is 10.6 Å². The van der Waals surface area contributed by atoms with E-state index in [-0.39, 0.29) is 61.0 Å². The average molecular weight is 575 g/mol. The molecule has 13 heteroatoms. The van der Waals surface area contributed by atoms with Gasteiger partial charge < -0.3 is 26.1 Å². The molecule has 2 aliphatic rings. The summed E-state index contributed by atoms with van der Waals surface area (Å²) in [5.41, 5.74) is 8.42. The molecule has 1 aromatic heterocycles. The molecule has 0 atom stereocenters. The number of hydrogen-bond acceptors (Lipinski definition) is 6. The van der Waals surface area contributed by atoms with Crippen molar-refractivity contribution < 1.29 is 36.7 Å². The fourth-order valence-corrected chi connectivity index (χ4v) is 5.39. The molecular formula is C26H31ClF4N4O4. The number of nitrogens with zero attached hydrogens (tertiary/aromatic N) is 1. The SMILES string of the molecule is CC1(C)CC(=O)c2c(C(F)(F)F)cn(-c3cc(F)c(C(N)=O)c(NC4CCC(OC(=O)CN)CC4)c3)c2C1.Cl. The minimum atomic E-state index is -4.79. The molecule has 0 radical (unpaired) electrons. The zero-order valence-corrected chi connectivity index (χ0v) is 22.3. The number of ether oxygens (including phenoxy) is 1. The molecule has 2 aliphatic carbocycles. The lowest BCUT2D eigenvalue weighted by Crippen LogP contribution is -2.33. The van der Waals surface area contributed by atoms with Crippen LogP contribution in [0, 0.1) is 11.2 Å². The van der Waals surface area contributed by atoms with Crippen LogP contribution in [0.5, 0.6) is 0 Å². The minimum absolute atomic E-state index is 0. The van der Waals surface area contributed by atoms with Crippen LogP contribution in [0.25, 0.3) is 5.69 Å². The predicted molar refractivity (Wildman–Crippen MR) is 138 cm³/mol. The van der Waals surface area contributed by atoms with Gasteiger partial charge in [-0.1, -0.05) is 13.8 Å². The molecule has 214 valence electrons. The van der Waals surface area contributed by atoms with E-state index in [4.69, 9.17) is 16.2 Å². The molecule has 2 aromatic rings. The number of alkyl halides is 3. The summed E-state index contributed by atoms with van der Waals surface area (Å²) < 4.78 is 63.3. The number of carbonyl (C=O) groups excluding carboxylic acids is 3. The first-order valence-electron chi connectivity index (χ1n) is 12.3. The summed E-state index contributed by atoms with van der Waals surface area (Å²) in [7, 11) is 0. The van der Waals surface area contributed by atoms with Crippen molar-refractivity contribution >= 4 is 35.8 Å². The van der Waals surface area contributed by atoms with E-state index < -0.39 is 51.8 Å². The normalized spacial score (nSPS) is 20.5. The Morgan fingerprint density at radius 2 is 1.79 bits per heavy atom. The van der Waals surface area contributed by atoms with Gasteiger partial charge in [0, 0.05) is 24.4 Å². The lowest BCUT2D eigenvalue weighted by atomic mass is 9.75. The summed E-state index contributed by atoms with van der Waals surface area (Å²) in [6.07, 6.45) is -2.11. The second-order valence-corrected chi connectivity index (χ2v) is 10.7. The number of benzene rings is 1. The lowest BCUT2D eigenvalue weighted by molar-refractivity contribution is -0.148. The van der Waals surface area contributed by atoms with Crippen LogP contribution in [0.2, 0.25) is 0 Å². The Hall–Kier alpha value is -3.12. The fourth-order valence-electron chi connectivity index (χ4n) is 5.39. The zero-order valence-electron chi connectivity index (χ0n) is 21.5. The Kier molecular flexibility index (Phi) is 8.71. The van der Waals surface area contributed by atoms with Crippen LogP contribution in [0.1, 0.15) is 77.9 Å². The monoisotopic (exact) mass is 574 g/mol. The Morgan fingerprint density at radius 1 is 1.15 bits per heavy atom. The lowest BCUT2D eigenvalue weighted by Gasteiger charge is -2.31. The first kappa shape index (κ1) is 30.4. The molecule has 4 rings (SSSR count). The minimum Gasteiger partial charge on any atom is -0.461 e. The maximum atomic E-state index is 15.2. The molecule has 1 saturated carbocycles. The summed E-state index contributed by atoms with van der Waals surface area (Å²) in [6.45, 7) is 3.33. The number of ketones is 1. The number of anilines is 1. The van der Waals surface area contributed by atoms with Crippen LogP contribution in [-0.2, 0) is 22.1 Å². The van der Waals surface area contributed by atoms with E-state index in [0.29, 0.717) is 25.7 Å². The predicted octanol–water partition coefficient (Wildman–Crippen LogP) is 4.54. The van der Waals surface area contributed by atoms with Crippen molar-refractivity contribution in [1.82, 2.24) is 4.57 Å². The van der Waals surface area contributed by atoms with E-state index in [1.54, 1.807) is 13.8 Å². The second kappa shape index (κ2) is 11.2. The van der Waals surface area contributed by atoms with E-state index in [1.807, 2.05) is 0 Å². The molecular weight excluding hydrogens is 544 g/mol. The highest BCUT2D eigenvalue weighted by Crippen LogP contribution is 2.43. The molecule has 0 spiro atoms. The second-order valence-electron chi connectivity index (χ2n) is 10.7. The third-order valence-corrected chi connectivity index (χ3v) is 7.07. The van der Waals surface area contributed by atoms with Crippen LogP contribution in [0.4, 0.5) is 23.2 Å². The number of fused-ring (bicyclic) bond motifs is 1. The van der Waals surface area contributed by atoms with Gasteiger partial charge in [0.2, 0.25) is 0 Å². The van der Waals surface area contributed by atoms with Crippen molar-refractivity contribution in [2.24, 2.45) is 16.9 Å². The number of esters is 1. The van der Waals surface area contributed by atoms with Gasteiger partial charge in [-0.15, -0.1) is 12.4 Å². The van der Waals surface area contributed by atoms with Crippen molar-refractivity contribution in [3.8, 4) is 5.69 Å². The molecule has 5 N–H and O–H groups in total. The summed E-state index contributed by atoms with van der Waals surface area (Å²) in [5, 5.41) is 3.10. The van der Waals surface area contributed by atoms with Crippen LogP contribution >= 0.6 is 12.4 Å². The topological polar surface area (TPSA) is 129 Å². The Balaban J connectivity index is 0.00000420. The quantitative estimate of drug-likeness (QED) is 0.343. The molecule has 0 unspecified atom stereocenters. The van der Waals surface area contributed by atoms with Crippen LogP contribution < -0.4 is 16.8 Å². The van der Waals surface area contributed by atoms with Gasteiger partial charge >= 0.3 is 12.1 Å². The number of rotatable bonds is 6. The molecule has 0 saturated heterocycles. The number of primary amides is 1. The van der Waals surface area contributed by atoms with Crippen LogP contribution in [-0.4, -0.2) is 40.9 Å². The van der Waals surface area contributed by atoms with Crippen molar-refractivity contribution in [2.45, 2.75) is 70.7 Å². The van der Waals surface area contributed by atoms with Crippen molar-refractivity contribution in [3.63, 3.8) is 0 Å². The number of amides is 1. The van der Waals surface area contributed by atoms with E-state index >= 15 is 4.39 Å². The van der Waals surface area contributed by atoms with E-state index in [0.717, 1.165) is 12.3 Å². The molecule has 8 nitrogen and oxygen atoms in total. The Bertz CT molecular complexity index is 1280. The van der Waals surface area contributed by atoms with Gasteiger partial charge in [0.25, 0.3) is 5.91 Å². The van der Waals surface area contributed by atoms with Crippen molar-refractivity contribution in [1.29, 1.82) is 0 Å². The molecule has 1 heterocycles. The molecule has 1 fully saturated rings. The first-order chi connectivity index (χ1) is 17.7. The van der Waals surface area contributed by atoms with Gasteiger partial charge in [-0.3, -0.25) is 14.4 Å². The largest absolute Gasteiger partial charge is 0.461 e. The van der Waals surface area contributed by atoms with Gasteiger partial charge in [-0.25, -0.2) is 4.39 Å². The van der Waals surface area contributed by atoms with Crippen LogP contribution in [0.15, 0.2) is 18.3 Å².